The first kappa shape index (κ1) is 17.8. The van der Waals surface area contributed by atoms with Crippen molar-refractivity contribution in [1.29, 1.82) is 0 Å². The quantitative estimate of drug-likeness (QED) is 0.798. The molecule has 5 heteroatoms. The van der Waals surface area contributed by atoms with Gasteiger partial charge in [0.2, 0.25) is 0 Å². The van der Waals surface area contributed by atoms with E-state index in [1.807, 2.05) is 0 Å². The summed E-state index contributed by atoms with van der Waals surface area (Å²) in [6.07, 6.45) is 2.66. The van der Waals surface area contributed by atoms with Gasteiger partial charge >= 0.3 is 7.12 Å². The molecule has 0 N–H and O–H groups in total. The first-order valence-electron chi connectivity index (χ1n) is 8.04. The lowest BCUT2D eigenvalue weighted by molar-refractivity contribution is 0.00578. The van der Waals surface area contributed by atoms with Crippen LogP contribution in [-0.4, -0.2) is 36.3 Å². The molecule has 3 rings (SSSR count). The van der Waals surface area contributed by atoms with E-state index in [1.54, 1.807) is 0 Å². The average molecular weight is 324 g/mol. The van der Waals surface area contributed by atoms with Gasteiger partial charge in [-0.3, -0.25) is 4.90 Å². The van der Waals surface area contributed by atoms with E-state index in [1.165, 1.54) is 31.5 Å². The fraction of sp³-hybridized carbons (Fsp3) is 0.647. The van der Waals surface area contributed by atoms with Crippen LogP contribution in [0.5, 0.6) is 0 Å². The minimum absolute atomic E-state index is 0. The van der Waals surface area contributed by atoms with Crippen molar-refractivity contribution in [3.05, 3.63) is 29.8 Å². The Balaban J connectivity index is 0.00000176. The van der Waals surface area contributed by atoms with Crippen LogP contribution in [0.2, 0.25) is 0 Å². The molecular formula is C17H27BClNO2. The van der Waals surface area contributed by atoms with Crippen LogP contribution in [0.15, 0.2) is 24.3 Å². The smallest absolute Gasteiger partial charge is 0.399 e. The maximum atomic E-state index is 6.14. The molecule has 2 saturated heterocycles. The number of likely N-dealkylation sites (tertiary alicyclic amines) is 1. The second kappa shape index (κ2) is 6.52. The Kier molecular flexibility index (Phi) is 5.28. The summed E-state index contributed by atoms with van der Waals surface area (Å²) in [7, 11) is -0.256. The maximum Gasteiger partial charge on any atom is 0.494 e. The van der Waals surface area contributed by atoms with Crippen LogP contribution in [0.3, 0.4) is 0 Å². The number of halogens is 1. The monoisotopic (exact) mass is 323 g/mol. The predicted molar refractivity (Wildman–Crippen MR) is 93.9 cm³/mol. The standard InChI is InChI=1S/C17H26BNO2.ClH/c1-16(2)17(3,4)21-18(20-16)15-9-7-8-14(12-15)13-19-10-5-6-11-19;/h7-9,12H,5-6,10-11,13H2,1-4H3;1H. The highest BCUT2D eigenvalue weighted by atomic mass is 35.5. The lowest BCUT2D eigenvalue weighted by atomic mass is 9.78. The second-order valence-corrected chi connectivity index (χ2v) is 7.32. The molecule has 0 radical (unpaired) electrons. The van der Waals surface area contributed by atoms with Gasteiger partial charge in [-0.25, -0.2) is 0 Å². The minimum Gasteiger partial charge on any atom is -0.399 e. The Bertz CT molecular complexity index is 499. The number of benzene rings is 1. The minimum atomic E-state index is -0.275. The third kappa shape index (κ3) is 3.51. The van der Waals surface area contributed by atoms with E-state index in [9.17, 15) is 0 Å². The van der Waals surface area contributed by atoms with Gasteiger partial charge in [-0.2, -0.15) is 0 Å². The number of hydrogen-bond acceptors (Lipinski definition) is 3. The van der Waals surface area contributed by atoms with Crippen molar-refractivity contribution in [2.75, 3.05) is 13.1 Å². The normalized spacial score (nSPS) is 23.5. The van der Waals surface area contributed by atoms with Gasteiger partial charge in [0, 0.05) is 6.54 Å². The van der Waals surface area contributed by atoms with E-state index in [0.717, 1.165) is 12.0 Å². The van der Waals surface area contributed by atoms with E-state index in [0.29, 0.717) is 0 Å². The third-order valence-corrected chi connectivity index (χ3v) is 5.08. The SMILES string of the molecule is CC1(C)OB(c2cccc(CN3CCCC3)c2)OC1(C)C.Cl. The molecular weight excluding hydrogens is 296 g/mol. The van der Waals surface area contributed by atoms with Crippen LogP contribution in [-0.2, 0) is 15.9 Å². The highest BCUT2D eigenvalue weighted by molar-refractivity contribution is 6.62. The second-order valence-electron chi connectivity index (χ2n) is 7.32. The molecule has 122 valence electrons. The summed E-state index contributed by atoms with van der Waals surface area (Å²) in [5.41, 5.74) is 1.93. The fourth-order valence-electron chi connectivity index (χ4n) is 3.02. The molecule has 0 atom stereocenters. The van der Waals surface area contributed by atoms with Crippen LogP contribution in [0.1, 0.15) is 46.1 Å². The molecule has 22 heavy (non-hydrogen) atoms. The zero-order valence-corrected chi connectivity index (χ0v) is 14.9. The molecule has 3 nitrogen and oxygen atoms in total. The molecule has 0 amide bonds. The van der Waals surface area contributed by atoms with Crippen molar-refractivity contribution >= 4 is 25.0 Å². The van der Waals surface area contributed by atoms with Gasteiger partial charge in [-0.1, -0.05) is 24.3 Å². The van der Waals surface area contributed by atoms with E-state index in [2.05, 4.69) is 56.9 Å². The van der Waals surface area contributed by atoms with Gasteiger partial charge in [-0.05, 0) is 64.7 Å². The zero-order chi connectivity index (χ0) is 15.1. The first-order chi connectivity index (χ1) is 9.87. The Labute approximate surface area is 140 Å². The van der Waals surface area contributed by atoms with Crippen molar-refractivity contribution in [3.63, 3.8) is 0 Å². The summed E-state index contributed by atoms with van der Waals surface area (Å²) in [6, 6.07) is 8.66. The molecule has 0 spiro atoms. The van der Waals surface area contributed by atoms with E-state index in [4.69, 9.17) is 9.31 Å². The molecule has 0 aromatic heterocycles. The van der Waals surface area contributed by atoms with Crippen molar-refractivity contribution in [2.45, 2.75) is 58.3 Å². The van der Waals surface area contributed by atoms with Crippen molar-refractivity contribution < 1.29 is 9.31 Å². The number of rotatable bonds is 3. The molecule has 0 aliphatic carbocycles. The summed E-state index contributed by atoms with van der Waals surface area (Å²) < 4.78 is 12.3. The Morgan fingerprint density at radius 3 is 2.23 bits per heavy atom. The Morgan fingerprint density at radius 2 is 1.64 bits per heavy atom. The molecule has 0 bridgehead atoms. The Hall–Kier alpha value is -0.545. The van der Waals surface area contributed by atoms with Gasteiger partial charge in [0.05, 0.1) is 11.2 Å². The van der Waals surface area contributed by atoms with Gasteiger partial charge in [0.1, 0.15) is 0 Å². The highest BCUT2D eigenvalue weighted by Gasteiger charge is 2.51. The van der Waals surface area contributed by atoms with E-state index in [-0.39, 0.29) is 30.7 Å². The van der Waals surface area contributed by atoms with Crippen molar-refractivity contribution in [1.82, 2.24) is 4.90 Å². The maximum absolute atomic E-state index is 6.14. The van der Waals surface area contributed by atoms with Crippen molar-refractivity contribution in [3.8, 4) is 0 Å². The zero-order valence-electron chi connectivity index (χ0n) is 14.1. The fourth-order valence-corrected chi connectivity index (χ4v) is 3.02. The summed E-state index contributed by atoms with van der Waals surface area (Å²) in [5, 5.41) is 0. The number of hydrogen-bond donors (Lipinski definition) is 0. The third-order valence-electron chi connectivity index (χ3n) is 5.08. The summed E-state index contributed by atoms with van der Waals surface area (Å²) in [5.74, 6) is 0. The van der Waals surface area contributed by atoms with Crippen LogP contribution < -0.4 is 5.46 Å². The van der Waals surface area contributed by atoms with Crippen LogP contribution in [0.25, 0.3) is 0 Å². The molecule has 1 aromatic rings. The number of nitrogens with zero attached hydrogens (tertiary/aromatic N) is 1. The lowest BCUT2D eigenvalue weighted by Gasteiger charge is -2.32. The molecule has 0 unspecified atom stereocenters. The van der Waals surface area contributed by atoms with E-state index < -0.39 is 0 Å². The molecule has 2 heterocycles. The molecule has 1 aromatic carbocycles. The molecule has 2 fully saturated rings. The first-order valence-corrected chi connectivity index (χ1v) is 8.04. The van der Waals surface area contributed by atoms with Crippen molar-refractivity contribution in [2.24, 2.45) is 0 Å². The highest BCUT2D eigenvalue weighted by Crippen LogP contribution is 2.36. The topological polar surface area (TPSA) is 21.7 Å². The van der Waals surface area contributed by atoms with Crippen LogP contribution in [0, 0.1) is 0 Å². The van der Waals surface area contributed by atoms with Crippen LogP contribution >= 0.6 is 12.4 Å². The Morgan fingerprint density at radius 1 is 1.05 bits per heavy atom. The summed E-state index contributed by atoms with van der Waals surface area (Å²) in [6.45, 7) is 11.9. The van der Waals surface area contributed by atoms with E-state index >= 15 is 0 Å². The predicted octanol–water partition coefficient (Wildman–Crippen LogP) is 3.00. The summed E-state index contributed by atoms with van der Waals surface area (Å²) >= 11 is 0. The van der Waals surface area contributed by atoms with Crippen LogP contribution in [0.4, 0.5) is 0 Å². The van der Waals surface area contributed by atoms with Gasteiger partial charge in [0.15, 0.2) is 0 Å². The molecule has 0 saturated carbocycles. The van der Waals surface area contributed by atoms with Gasteiger partial charge in [0.25, 0.3) is 0 Å². The van der Waals surface area contributed by atoms with Gasteiger partial charge in [-0.15, -0.1) is 12.4 Å². The van der Waals surface area contributed by atoms with Gasteiger partial charge < -0.3 is 9.31 Å². The largest absolute Gasteiger partial charge is 0.494 e. The lowest BCUT2D eigenvalue weighted by Crippen LogP contribution is -2.41. The summed E-state index contributed by atoms with van der Waals surface area (Å²) in [4.78, 5) is 2.52. The average Bonchev–Trinajstić information content (AvgIpc) is 2.97. The molecule has 2 aliphatic rings. The molecule has 2 aliphatic heterocycles.